The quantitative estimate of drug-likeness (QED) is 0.168. The minimum atomic E-state index is -3.45. The summed E-state index contributed by atoms with van der Waals surface area (Å²) in [7, 11) is -3.45. The minimum Gasteiger partial charge on any atom is -0.352 e. The fraction of sp³-hybridized carbons (Fsp3) is 0.0606. The summed E-state index contributed by atoms with van der Waals surface area (Å²) >= 11 is 0. The Hall–Kier alpha value is -5.79. The van der Waals surface area contributed by atoms with E-state index in [0.717, 1.165) is 28.2 Å². The van der Waals surface area contributed by atoms with Crippen LogP contribution in [0, 0.1) is 5.82 Å². The number of sulfonamides is 1. The highest BCUT2D eigenvalue weighted by Gasteiger charge is 2.17. The molecule has 0 atom stereocenters. The van der Waals surface area contributed by atoms with Gasteiger partial charge >= 0.3 is 0 Å². The first-order chi connectivity index (χ1) is 22.2. The van der Waals surface area contributed by atoms with Crippen molar-refractivity contribution in [1.29, 1.82) is 0 Å². The molecular formula is C33H25FN8O3S. The average Bonchev–Trinajstić information content (AvgIpc) is 3.68. The SMILES string of the molecule is CS(=O)(=O)NCc1cc(F)cc(-c2cncc3[nH]c(-c4n[nH]c5ncc(-c6cncc(NC(=O)c7ccccc7)c6)cc45)cc23)c1. The van der Waals surface area contributed by atoms with Crippen LogP contribution in [0.15, 0.2) is 97.7 Å². The van der Waals surface area contributed by atoms with Crippen molar-refractivity contribution in [3.05, 3.63) is 115 Å². The zero-order valence-electron chi connectivity index (χ0n) is 24.2. The summed E-state index contributed by atoms with van der Waals surface area (Å²) in [5.41, 5.74) is 6.88. The van der Waals surface area contributed by atoms with Gasteiger partial charge in [-0.15, -0.1) is 0 Å². The molecule has 0 saturated heterocycles. The third-order valence-corrected chi connectivity index (χ3v) is 8.06. The maximum absolute atomic E-state index is 14.6. The maximum atomic E-state index is 14.6. The van der Waals surface area contributed by atoms with Crippen molar-refractivity contribution in [3.63, 3.8) is 0 Å². The van der Waals surface area contributed by atoms with Gasteiger partial charge < -0.3 is 10.3 Å². The number of anilines is 1. The van der Waals surface area contributed by atoms with Gasteiger partial charge in [0.1, 0.15) is 11.5 Å². The fourth-order valence-electron chi connectivity index (χ4n) is 5.26. The van der Waals surface area contributed by atoms with Gasteiger partial charge in [0.15, 0.2) is 5.65 Å². The molecule has 0 aliphatic heterocycles. The molecular weight excluding hydrogens is 607 g/mol. The number of amides is 1. The van der Waals surface area contributed by atoms with E-state index in [2.05, 4.69) is 40.2 Å². The lowest BCUT2D eigenvalue weighted by molar-refractivity contribution is 0.102. The molecule has 7 rings (SSSR count). The molecule has 5 heterocycles. The van der Waals surface area contributed by atoms with E-state index in [0.29, 0.717) is 50.5 Å². The van der Waals surface area contributed by atoms with Crippen molar-refractivity contribution in [2.24, 2.45) is 0 Å². The van der Waals surface area contributed by atoms with Gasteiger partial charge in [-0.3, -0.25) is 19.9 Å². The smallest absolute Gasteiger partial charge is 0.255 e. The largest absolute Gasteiger partial charge is 0.352 e. The molecule has 0 unspecified atom stereocenters. The van der Waals surface area contributed by atoms with Crippen LogP contribution in [0.5, 0.6) is 0 Å². The number of hydrogen-bond donors (Lipinski definition) is 4. The van der Waals surface area contributed by atoms with Crippen LogP contribution in [0.2, 0.25) is 0 Å². The summed E-state index contributed by atoms with van der Waals surface area (Å²) in [4.78, 5) is 29.3. The van der Waals surface area contributed by atoms with Gasteiger partial charge in [0.25, 0.3) is 5.91 Å². The van der Waals surface area contributed by atoms with Gasteiger partial charge in [-0.25, -0.2) is 22.5 Å². The minimum absolute atomic E-state index is 0.0438. The molecule has 5 aromatic heterocycles. The summed E-state index contributed by atoms with van der Waals surface area (Å²) in [6, 6.07) is 19.0. The second-order valence-electron chi connectivity index (χ2n) is 10.7. The number of nitrogens with one attached hydrogen (secondary N) is 4. The van der Waals surface area contributed by atoms with Crippen LogP contribution in [0.4, 0.5) is 10.1 Å². The van der Waals surface area contributed by atoms with Crippen molar-refractivity contribution in [3.8, 4) is 33.6 Å². The number of hydrogen-bond acceptors (Lipinski definition) is 7. The molecule has 13 heteroatoms. The molecule has 11 nitrogen and oxygen atoms in total. The molecule has 4 N–H and O–H groups in total. The number of fused-ring (bicyclic) bond motifs is 2. The lowest BCUT2D eigenvalue weighted by Gasteiger charge is -2.08. The fourth-order valence-corrected chi connectivity index (χ4v) is 5.69. The predicted molar refractivity (Wildman–Crippen MR) is 174 cm³/mol. The molecule has 228 valence electrons. The Balaban J connectivity index is 1.22. The number of benzene rings is 2. The third-order valence-electron chi connectivity index (χ3n) is 7.39. The number of aromatic nitrogens is 6. The van der Waals surface area contributed by atoms with Crippen molar-refractivity contribution in [2.75, 3.05) is 11.6 Å². The Bertz CT molecular complexity index is 2370. The van der Waals surface area contributed by atoms with Crippen LogP contribution in [0.3, 0.4) is 0 Å². The standard InChI is InChI=1S/C33H25FN8O3S/c1-46(44,45)38-13-19-7-21(9-24(34)8-19)28-17-36-18-30-26(28)12-29(40-30)31-27-11-23(15-37-32(27)42-41-31)22-10-25(16-35-14-22)39-33(43)20-5-3-2-4-6-20/h2-12,14-18,38,40H,13H2,1H3,(H,39,43)(H,37,41,42). The van der Waals surface area contributed by atoms with Gasteiger partial charge in [-0.2, -0.15) is 5.10 Å². The van der Waals surface area contributed by atoms with Crippen LogP contribution in [-0.2, 0) is 16.6 Å². The van der Waals surface area contributed by atoms with E-state index in [4.69, 9.17) is 0 Å². The molecule has 1 amide bonds. The topological polar surface area (TPSA) is 158 Å². The summed E-state index contributed by atoms with van der Waals surface area (Å²) < 4.78 is 40.2. The number of halogens is 1. The van der Waals surface area contributed by atoms with Crippen molar-refractivity contribution in [2.45, 2.75) is 6.54 Å². The molecule has 0 fully saturated rings. The monoisotopic (exact) mass is 632 g/mol. The summed E-state index contributed by atoms with van der Waals surface area (Å²) in [5, 5.41) is 11.9. The third kappa shape index (κ3) is 5.96. The molecule has 46 heavy (non-hydrogen) atoms. The number of carbonyl (C=O) groups is 1. The highest BCUT2D eigenvalue weighted by Crippen LogP contribution is 2.35. The van der Waals surface area contributed by atoms with Gasteiger partial charge in [-0.1, -0.05) is 18.2 Å². The van der Waals surface area contributed by atoms with Crippen LogP contribution in [0.25, 0.3) is 55.6 Å². The van der Waals surface area contributed by atoms with Gasteiger partial charge in [0.2, 0.25) is 10.0 Å². The molecule has 0 saturated carbocycles. The molecule has 0 spiro atoms. The van der Waals surface area contributed by atoms with E-state index in [1.165, 1.54) is 12.1 Å². The zero-order chi connectivity index (χ0) is 31.8. The number of rotatable bonds is 8. The second kappa shape index (κ2) is 11.6. The average molecular weight is 633 g/mol. The Morgan fingerprint density at radius 1 is 0.870 bits per heavy atom. The van der Waals surface area contributed by atoms with E-state index < -0.39 is 15.8 Å². The number of nitrogens with zero attached hydrogens (tertiary/aromatic N) is 4. The highest BCUT2D eigenvalue weighted by molar-refractivity contribution is 7.88. The van der Waals surface area contributed by atoms with Gasteiger partial charge in [-0.05, 0) is 59.7 Å². The molecule has 0 bridgehead atoms. The van der Waals surface area contributed by atoms with Crippen molar-refractivity contribution in [1.82, 2.24) is 34.9 Å². The number of carbonyl (C=O) groups excluding carboxylic acids is 1. The van der Waals surface area contributed by atoms with Crippen LogP contribution in [-0.4, -0.2) is 50.7 Å². The summed E-state index contributed by atoms with van der Waals surface area (Å²) in [6.45, 7) is -0.0438. The Morgan fingerprint density at radius 3 is 2.50 bits per heavy atom. The van der Waals surface area contributed by atoms with Crippen LogP contribution < -0.4 is 10.0 Å². The van der Waals surface area contributed by atoms with E-state index in [1.807, 2.05) is 24.3 Å². The van der Waals surface area contributed by atoms with Crippen LogP contribution >= 0.6 is 0 Å². The van der Waals surface area contributed by atoms with E-state index in [9.17, 15) is 17.6 Å². The van der Waals surface area contributed by atoms with Crippen LogP contribution in [0.1, 0.15) is 15.9 Å². The number of H-pyrrole nitrogens is 2. The predicted octanol–water partition coefficient (Wildman–Crippen LogP) is 5.67. The normalized spacial score (nSPS) is 11.7. The highest BCUT2D eigenvalue weighted by atomic mass is 32.2. The lowest BCUT2D eigenvalue weighted by Crippen LogP contribution is -2.21. The van der Waals surface area contributed by atoms with E-state index >= 15 is 0 Å². The first-order valence-corrected chi connectivity index (χ1v) is 16.0. The Morgan fingerprint density at radius 2 is 1.67 bits per heavy atom. The number of pyridine rings is 3. The van der Waals surface area contributed by atoms with E-state index in [-0.39, 0.29) is 12.5 Å². The maximum Gasteiger partial charge on any atom is 0.255 e. The first kappa shape index (κ1) is 29.0. The Labute approximate surface area is 262 Å². The summed E-state index contributed by atoms with van der Waals surface area (Å²) in [6.07, 6.45) is 9.35. The first-order valence-electron chi connectivity index (χ1n) is 14.1. The molecule has 0 radical (unpaired) electrons. The van der Waals surface area contributed by atoms with Gasteiger partial charge in [0.05, 0.1) is 35.5 Å². The summed E-state index contributed by atoms with van der Waals surface area (Å²) in [5.74, 6) is -0.733. The molecule has 0 aliphatic carbocycles. The zero-order valence-corrected chi connectivity index (χ0v) is 25.1. The lowest BCUT2D eigenvalue weighted by atomic mass is 10.0. The van der Waals surface area contributed by atoms with E-state index in [1.54, 1.807) is 61.3 Å². The number of aromatic amines is 2. The van der Waals surface area contributed by atoms with Crippen molar-refractivity contribution >= 4 is 43.6 Å². The molecule has 7 aromatic rings. The van der Waals surface area contributed by atoms with Gasteiger partial charge in [0, 0.05) is 58.2 Å². The second-order valence-corrected chi connectivity index (χ2v) is 12.6. The Kier molecular flexibility index (Phi) is 7.31. The van der Waals surface area contributed by atoms with Crippen molar-refractivity contribution < 1.29 is 17.6 Å². The molecule has 2 aromatic carbocycles. The molecule has 0 aliphatic rings.